The summed E-state index contributed by atoms with van der Waals surface area (Å²) in [4.78, 5) is 60.1. The lowest BCUT2D eigenvalue weighted by atomic mass is 9.99. The Bertz CT molecular complexity index is 2140. The van der Waals surface area contributed by atoms with Gasteiger partial charge in [0.25, 0.3) is 11.8 Å². The molecule has 0 aliphatic carbocycles. The molecular weight excluding hydrogens is 969 g/mol. The molecule has 4 amide bonds. The van der Waals surface area contributed by atoms with E-state index < -0.39 is 11.2 Å². The minimum Gasteiger partial charge on any atom is -0.493 e. The minimum atomic E-state index is -0.556. The average molecular weight is 1050 g/mol. The number of piperidine rings is 2. The average Bonchev–Trinajstić information content (AvgIpc) is 3.31. The number of carbonyl (C=O) groups is 4. The van der Waals surface area contributed by atoms with Crippen LogP contribution in [-0.4, -0.2) is 146 Å². The van der Waals surface area contributed by atoms with Gasteiger partial charge in [-0.15, -0.1) is 0 Å². The van der Waals surface area contributed by atoms with Crippen molar-refractivity contribution in [1.82, 2.24) is 19.6 Å². The molecule has 0 N–H and O–H groups in total. The molecule has 3 aromatic carbocycles. The number of rotatable bonds is 19. The number of carbonyl (C=O) groups excluding carboxylic acids is 4. The van der Waals surface area contributed by atoms with Crippen LogP contribution in [0.3, 0.4) is 0 Å². The molecule has 5 rings (SSSR count). The van der Waals surface area contributed by atoms with Gasteiger partial charge >= 0.3 is 12.2 Å². The zero-order valence-electron chi connectivity index (χ0n) is 44.7. The predicted molar refractivity (Wildman–Crippen MR) is 283 cm³/mol. The highest BCUT2D eigenvalue weighted by Gasteiger charge is 2.36. The zero-order valence-corrected chi connectivity index (χ0v) is 46.3. The Balaban J connectivity index is 0.000000315. The molecule has 2 aliphatic heterocycles. The second kappa shape index (κ2) is 28.4. The van der Waals surface area contributed by atoms with E-state index in [9.17, 15) is 19.2 Å². The highest BCUT2D eigenvalue weighted by atomic mass is 79.9. The summed E-state index contributed by atoms with van der Waals surface area (Å²) in [7, 11) is 3.34. The third-order valence-electron chi connectivity index (χ3n) is 12.0. The van der Waals surface area contributed by atoms with E-state index in [2.05, 4.69) is 40.2 Å². The van der Waals surface area contributed by atoms with Crippen LogP contribution in [0.2, 0.25) is 0 Å². The Morgan fingerprint density at radius 1 is 0.620 bits per heavy atom. The molecule has 71 heavy (non-hydrogen) atoms. The highest BCUT2D eigenvalue weighted by molar-refractivity contribution is 9.10. The van der Waals surface area contributed by atoms with Crippen LogP contribution in [0.5, 0.6) is 11.5 Å². The van der Waals surface area contributed by atoms with Crippen molar-refractivity contribution in [2.45, 2.75) is 156 Å². The van der Waals surface area contributed by atoms with Crippen molar-refractivity contribution in [1.29, 1.82) is 0 Å². The first kappa shape index (κ1) is 58.7. The summed E-state index contributed by atoms with van der Waals surface area (Å²) in [6, 6.07) is 21.4. The fourth-order valence-corrected chi connectivity index (χ4v) is 9.12. The number of likely N-dealkylation sites (tertiary alicyclic amines) is 2. The van der Waals surface area contributed by atoms with E-state index in [1.165, 1.54) is 5.56 Å². The van der Waals surface area contributed by atoms with Crippen LogP contribution in [0.1, 0.15) is 140 Å². The molecule has 2 aliphatic rings. The van der Waals surface area contributed by atoms with Crippen molar-refractivity contribution in [3.63, 3.8) is 0 Å². The topological polar surface area (TPSA) is 137 Å². The Hall–Kier alpha value is -4.86. The molecule has 3 aromatic rings. The van der Waals surface area contributed by atoms with E-state index in [1.807, 2.05) is 109 Å². The van der Waals surface area contributed by atoms with Crippen molar-refractivity contribution >= 4 is 39.9 Å². The number of benzene rings is 3. The Labute approximate surface area is 433 Å². The number of aryl methyl sites for hydroxylation is 2. The molecule has 0 aromatic heterocycles. The van der Waals surface area contributed by atoms with Crippen molar-refractivity contribution < 1.29 is 47.6 Å². The Kier molecular flexibility index (Phi) is 23.5. The maximum absolute atomic E-state index is 13.9. The SMILES string of the molecule is COCCCOc1cc(C(=O)N(C(C)C)[C@@H]2CCCN(C(=O)OC(C)(C)C)C2)ccc1Br.COCCCOc1cc(C(=O)N(C(C)C)[C@@H]2CCCN(C(=O)OC(C)(C)C)C2)ccc1CCc1ccccc1. The number of methoxy groups -OCH3 is 2. The molecule has 0 unspecified atom stereocenters. The van der Waals surface area contributed by atoms with Crippen LogP contribution < -0.4 is 9.47 Å². The summed E-state index contributed by atoms with van der Waals surface area (Å²) in [6.45, 7) is 23.7. The van der Waals surface area contributed by atoms with Gasteiger partial charge in [0.05, 0.1) is 29.8 Å². The normalized spacial score (nSPS) is 16.2. The lowest BCUT2D eigenvalue weighted by Gasteiger charge is -2.41. The van der Waals surface area contributed by atoms with Gasteiger partial charge in [-0.1, -0.05) is 36.4 Å². The summed E-state index contributed by atoms with van der Waals surface area (Å²) in [6.07, 6.45) is 5.95. The number of amides is 4. The third-order valence-corrected chi connectivity index (χ3v) is 12.6. The molecule has 394 valence electrons. The summed E-state index contributed by atoms with van der Waals surface area (Å²) >= 11 is 3.50. The van der Waals surface area contributed by atoms with E-state index >= 15 is 0 Å². The van der Waals surface area contributed by atoms with Gasteiger partial charge in [0, 0.05) is 89.7 Å². The molecular formula is C56H83BrN4O10. The van der Waals surface area contributed by atoms with Crippen LogP contribution in [0.25, 0.3) is 0 Å². The van der Waals surface area contributed by atoms with Crippen LogP contribution >= 0.6 is 15.9 Å². The van der Waals surface area contributed by atoms with Gasteiger partial charge in [0.2, 0.25) is 0 Å². The molecule has 14 nitrogen and oxygen atoms in total. The third kappa shape index (κ3) is 19.3. The first-order valence-electron chi connectivity index (χ1n) is 25.4. The van der Waals surface area contributed by atoms with E-state index in [0.717, 1.165) is 67.2 Å². The standard InChI is InChI=1S/C32H46N2O5.C24H37BrN2O5/c1-24(2)34(28-14-10-19-33(23-28)31(36)39-32(3,4)5)30(35)27-18-17-26(16-15-25-12-8-7-9-13-25)29(22-27)38-21-11-20-37-6;1-17(2)27(19-9-7-12-26(16-19)23(29)32-24(3,4)5)22(28)18-10-11-20(25)21(15-18)31-14-8-13-30-6/h7-9,12-13,17-18,22,24,28H,10-11,14-16,19-21,23H2,1-6H3;10-11,15,17,19H,7-9,12-14,16H2,1-6H3/t28-;19-/m11/s1. The first-order valence-corrected chi connectivity index (χ1v) is 26.2. The lowest BCUT2D eigenvalue weighted by Crippen LogP contribution is -2.54. The number of ether oxygens (including phenoxy) is 6. The van der Waals surface area contributed by atoms with Crippen LogP contribution in [0.4, 0.5) is 9.59 Å². The van der Waals surface area contributed by atoms with Crippen LogP contribution in [0.15, 0.2) is 71.2 Å². The summed E-state index contributed by atoms with van der Waals surface area (Å²) in [5.74, 6) is 1.27. The summed E-state index contributed by atoms with van der Waals surface area (Å²) in [5, 5.41) is 0. The summed E-state index contributed by atoms with van der Waals surface area (Å²) < 4.78 is 34.2. The molecule has 15 heteroatoms. The Morgan fingerprint density at radius 3 is 1.52 bits per heavy atom. The molecule has 0 spiro atoms. The van der Waals surface area contributed by atoms with E-state index in [-0.39, 0.29) is 48.2 Å². The van der Waals surface area contributed by atoms with Crippen molar-refractivity contribution in [2.24, 2.45) is 0 Å². The van der Waals surface area contributed by atoms with Crippen molar-refractivity contribution in [2.75, 3.05) is 66.8 Å². The number of hydrogen-bond donors (Lipinski definition) is 0. The fraction of sp³-hybridized carbons (Fsp3) is 0.607. The molecule has 2 heterocycles. The first-order chi connectivity index (χ1) is 33.6. The molecule has 2 atom stereocenters. The van der Waals surface area contributed by atoms with Gasteiger partial charge in [-0.05, 0) is 165 Å². The van der Waals surface area contributed by atoms with E-state index in [4.69, 9.17) is 28.4 Å². The van der Waals surface area contributed by atoms with Gasteiger partial charge < -0.3 is 48.0 Å². The van der Waals surface area contributed by atoms with Gasteiger partial charge in [-0.3, -0.25) is 9.59 Å². The smallest absolute Gasteiger partial charge is 0.410 e. The maximum atomic E-state index is 13.9. The molecule has 2 fully saturated rings. The van der Waals surface area contributed by atoms with Crippen LogP contribution in [-0.2, 0) is 31.8 Å². The van der Waals surface area contributed by atoms with Crippen molar-refractivity contribution in [3.8, 4) is 11.5 Å². The zero-order chi connectivity index (χ0) is 52.3. The number of hydrogen-bond acceptors (Lipinski definition) is 10. The maximum Gasteiger partial charge on any atom is 0.410 e. The van der Waals surface area contributed by atoms with Gasteiger partial charge in [-0.25, -0.2) is 9.59 Å². The number of halogens is 1. The van der Waals surface area contributed by atoms with Crippen LogP contribution in [0, 0.1) is 0 Å². The lowest BCUT2D eigenvalue weighted by molar-refractivity contribution is 0.00724. The van der Waals surface area contributed by atoms with Gasteiger partial charge in [0.1, 0.15) is 22.7 Å². The predicted octanol–water partition coefficient (Wildman–Crippen LogP) is 11.3. The van der Waals surface area contributed by atoms with E-state index in [1.54, 1.807) is 36.2 Å². The second-order valence-corrected chi connectivity index (χ2v) is 21.8. The molecule has 0 radical (unpaired) electrons. The molecule has 0 bridgehead atoms. The Morgan fingerprint density at radius 2 is 1.07 bits per heavy atom. The number of nitrogens with zero attached hydrogens (tertiary/aromatic N) is 4. The minimum absolute atomic E-state index is 0.0131. The fourth-order valence-electron chi connectivity index (χ4n) is 8.76. The highest BCUT2D eigenvalue weighted by Crippen LogP contribution is 2.30. The quantitative estimate of drug-likeness (QED) is 0.107. The van der Waals surface area contributed by atoms with E-state index in [0.29, 0.717) is 69.5 Å². The van der Waals surface area contributed by atoms with Gasteiger partial charge in [-0.2, -0.15) is 0 Å². The van der Waals surface area contributed by atoms with Crippen molar-refractivity contribution in [3.05, 3.63) is 93.5 Å². The molecule has 0 saturated carbocycles. The van der Waals surface area contributed by atoms with Gasteiger partial charge in [0.15, 0.2) is 0 Å². The monoisotopic (exact) mass is 1050 g/mol. The second-order valence-electron chi connectivity index (χ2n) is 20.9. The summed E-state index contributed by atoms with van der Waals surface area (Å²) in [5.41, 5.74) is 2.41. The molecule has 2 saturated heterocycles. The largest absolute Gasteiger partial charge is 0.493 e.